The van der Waals surface area contributed by atoms with Gasteiger partial charge in [0.1, 0.15) is 0 Å². The number of hydrazine groups is 1. The first-order chi connectivity index (χ1) is 9.65. The molecule has 0 bridgehead atoms. The van der Waals surface area contributed by atoms with Crippen molar-refractivity contribution >= 4 is 34.6 Å². The first-order valence-electron chi connectivity index (χ1n) is 6.25. The molecule has 2 rings (SSSR count). The van der Waals surface area contributed by atoms with E-state index in [9.17, 15) is 0 Å². The Bertz CT molecular complexity index is 587. The van der Waals surface area contributed by atoms with E-state index in [-0.39, 0.29) is 0 Å². The molecule has 0 heterocycles. The van der Waals surface area contributed by atoms with Crippen molar-refractivity contribution < 1.29 is 0 Å². The molecular weight excluding hydrogens is 290 g/mol. The standard InChI is InChI=1S/C15H16ClN3S/c1-11-7-8-13(9-14(11)16)18-19-15(20)17-10-12-5-3-2-4-6-12/h2-9,18H,10H2,1H3,(H2,17,19,20). The van der Waals surface area contributed by atoms with E-state index in [2.05, 4.69) is 16.2 Å². The molecule has 0 radical (unpaired) electrons. The van der Waals surface area contributed by atoms with Crippen LogP contribution in [0.15, 0.2) is 48.5 Å². The van der Waals surface area contributed by atoms with E-state index in [0.717, 1.165) is 16.3 Å². The molecular formula is C15H16ClN3S. The second kappa shape index (κ2) is 7.12. The normalized spacial score (nSPS) is 9.90. The number of nitrogens with one attached hydrogen (secondary N) is 3. The molecule has 0 aliphatic heterocycles. The summed E-state index contributed by atoms with van der Waals surface area (Å²) >= 11 is 11.2. The predicted molar refractivity (Wildman–Crippen MR) is 88.8 cm³/mol. The van der Waals surface area contributed by atoms with Crippen molar-refractivity contribution in [1.82, 2.24) is 10.7 Å². The van der Waals surface area contributed by atoms with Gasteiger partial charge >= 0.3 is 0 Å². The zero-order valence-corrected chi connectivity index (χ0v) is 12.7. The van der Waals surface area contributed by atoms with Crippen molar-refractivity contribution in [1.29, 1.82) is 0 Å². The van der Waals surface area contributed by atoms with Crippen LogP contribution in [0.4, 0.5) is 5.69 Å². The van der Waals surface area contributed by atoms with Crippen LogP contribution in [0.2, 0.25) is 5.02 Å². The topological polar surface area (TPSA) is 36.1 Å². The Morgan fingerprint density at radius 2 is 1.90 bits per heavy atom. The third-order valence-electron chi connectivity index (χ3n) is 2.79. The van der Waals surface area contributed by atoms with Crippen LogP contribution in [-0.2, 0) is 6.54 Å². The molecule has 20 heavy (non-hydrogen) atoms. The maximum absolute atomic E-state index is 6.05. The number of halogens is 1. The zero-order valence-electron chi connectivity index (χ0n) is 11.1. The largest absolute Gasteiger partial charge is 0.357 e. The average Bonchev–Trinajstić information content (AvgIpc) is 2.47. The molecule has 104 valence electrons. The fourth-order valence-corrected chi connectivity index (χ4v) is 1.93. The zero-order chi connectivity index (χ0) is 14.4. The Labute approximate surface area is 129 Å². The third kappa shape index (κ3) is 4.40. The SMILES string of the molecule is Cc1ccc(NNC(=S)NCc2ccccc2)cc1Cl. The molecule has 2 aromatic carbocycles. The summed E-state index contributed by atoms with van der Waals surface area (Å²) in [6, 6.07) is 15.8. The van der Waals surface area contributed by atoms with Crippen molar-refractivity contribution in [2.45, 2.75) is 13.5 Å². The van der Waals surface area contributed by atoms with Crippen molar-refractivity contribution in [3.05, 3.63) is 64.7 Å². The smallest absolute Gasteiger partial charge is 0.185 e. The number of hydrogen-bond acceptors (Lipinski definition) is 2. The summed E-state index contributed by atoms with van der Waals surface area (Å²) in [5.41, 5.74) is 9.02. The Morgan fingerprint density at radius 3 is 2.60 bits per heavy atom. The molecule has 0 atom stereocenters. The minimum absolute atomic E-state index is 0.533. The number of anilines is 1. The molecule has 0 amide bonds. The van der Waals surface area contributed by atoms with Gasteiger partial charge in [-0.3, -0.25) is 10.9 Å². The quantitative estimate of drug-likeness (QED) is 0.595. The van der Waals surface area contributed by atoms with E-state index in [1.165, 1.54) is 5.56 Å². The van der Waals surface area contributed by atoms with Gasteiger partial charge in [-0.05, 0) is 42.4 Å². The fourth-order valence-electron chi connectivity index (χ4n) is 1.62. The number of rotatable bonds is 4. The monoisotopic (exact) mass is 305 g/mol. The van der Waals surface area contributed by atoms with Crippen LogP contribution in [0.3, 0.4) is 0 Å². The molecule has 5 heteroatoms. The predicted octanol–water partition coefficient (Wildman–Crippen LogP) is 3.64. The van der Waals surface area contributed by atoms with E-state index in [0.29, 0.717) is 11.7 Å². The van der Waals surface area contributed by atoms with Gasteiger partial charge in [0.2, 0.25) is 0 Å². The van der Waals surface area contributed by atoms with Crippen LogP contribution in [0.5, 0.6) is 0 Å². The summed E-state index contributed by atoms with van der Waals surface area (Å²) in [7, 11) is 0. The molecule has 2 aromatic rings. The minimum atomic E-state index is 0.533. The second-order valence-electron chi connectivity index (χ2n) is 4.38. The lowest BCUT2D eigenvalue weighted by atomic mass is 10.2. The summed E-state index contributed by atoms with van der Waals surface area (Å²) in [5.74, 6) is 0. The van der Waals surface area contributed by atoms with Crippen LogP contribution >= 0.6 is 23.8 Å². The average molecular weight is 306 g/mol. The van der Waals surface area contributed by atoms with Crippen LogP contribution in [0.25, 0.3) is 0 Å². The summed E-state index contributed by atoms with van der Waals surface area (Å²) < 4.78 is 0. The van der Waals surface area contributed by atoms with Crippen LogP contribution in [0, 0.1) is 6.92 Å². The van der Waals surface area contributed by atoms with Crippen LogP contribution in [0.1, 0.15) is 11.1 Å². The van der Waals surface area contributed by atoms with Gasteiger partial charge in [-0.25, -0.2) is 0 Å². The van der Waals surface area contributed by atoms with E-state index < -0.39 is 0 Å². The van der Waals surface area contributed by atoms with Gasteiger partial charge in [0.15, 0.2) is 5.11 Å². The van der Waals surface area contributed by atoms with Crippen LogP contribution < -0.4 is 16.2 Å². The van der Waals surface area contributed by atoms with Crippen LogP contribution in [-0.4, -0.2) is 5.11 Å². The van der Waals surface area contributed by atoms with E-state index in [1.54, 1.807) is 0 Å². The van der Waals surface area contributed by atoms with E-state index in [4.69, 9.17) is 23.8 Å². The van der Waals surface area contributed by atoms with E-state index in [1.807, 2.05) is 55.5 Å². The number of thiocarbonyl (C=S) groups is 1. The Hall–Kier alpha value is -1.78. The highest BCUT2D eigenvalue weighted by Crippen LogP contribution is 2.19. The molecule has 0 unspecified atom stereocenters. The molecule has 0 aliphatic carbocycles. The molecule has 3 N–H and O–H groups in total. The van der Waals surface area contributed by atoms with Gasteiger partial charge in [-0.15, -0.1) is 0 Å². The Kier molecular flexibility index (Phi) is 5.21. The fraction of sp³-hybridized carbons (Fsp3) is 0.133. The van der Waals surface area contributed by atoms with Gasteiger partial charge in [0.25, 0.3) is 0 Å². The minimum Gasteiger partial charge on any atom is -0.357 e. The van der Waals surface area contributed by atoms with Gasteiger partial charge in [0, 0.05) is 11.6 Å². The van der Waals surface area contributed by atoms with Crippen molar-refractivity contribution in [2.75, 3.05) is 5.43 Å². The summed E-state index contributed by atoms with van der Waals surface area (Å²) in [6.07, 6.45) is 0. The molecule has 0 aliphatic rings. The highest BCUT2D eigenvalue weighted by atomic mass is 35.5. The highest BCUT2D eigenvalue weighted by molar-refractivity contribution is 7.80. The van der Waals surface area contributed by atoms with Crippen molar-refractivity contribution in [2.24, 2.45) is 0 Å². The summed E-state index contributed by atoms with van der Waals surface area (Å²) in [5, 5.41) is 4.38. The van der Waals surface area contributed by atoms with Gasteiger partial charge < -0.3 is 5.32 Å². The summed E-state index contributed by atoms with van der Waals surface area (Å²) in [4.78, 5) is 0. The Balaban J connectivity index is 1.79. The lowest BCUT2D eigenvalue weighted by molar-refractivity contribution is 0.886. The van der Waals surface area contributed by atoms with Crippen molar-refractivity contribution in [3.8, 4) is 0 Å². The van der Waals surface area contributed by atoms with Gasteiger partial charge in [-0.1, -0.05) is 48.0 Å². The molecule has 3 nitrogen and oxygen atoms in total. The molecule has 0 aromatic heterocycles. The first-order valence-corrected chi connectivity index (χ1v) is 7.04. The number of hydrogen-bond donors (Lipinski definition) is 3. The summed E-state index contributed by atoms with van der Waals surface area (Å²) in [6.45, 7) is 2.65. The van der Waals surface area contributed by atoms with E-state index >= 15 is 0 Å². The van der Waals surface area contributed by atoms with Gasteiger partial charge in [-0.2, -0.15) is 0 Å². The lowest BCUT2D eigenvalue weighted by Gasteiger charge is -2.13. The molecule has 0 saturated carbocycles. The molecule has 0 spiro atoms. The first kappa shape index (κ1) is 14.6. The molecule has 0 saturated heterocycles. The number of benzene rings is 2. The third-order valence-corrected chi connectivity index (χ3v) is 3.44. The highest BCUT2D eigenvalue weighted by Gasteiger charge is 1.99. The Morgan fingerprint density at radius 1 is 1.15 bits per heavy atom. The molecule has 0 fully saturated rings. The lowest BCUT2D eigenvalue weighted by Crippen LogP contribution is -2.38. The maximum Gasteiger partial charge on any atom is 0.185 e. The maximum atomic E-state index is 6.05. The van der Waals surface area contributed by atoms with Crippen molar-refractivity contribution in [3.63, 3.8) is 0 Å². The number of aryl methyl sites for hydroxylation is 1. The van der Waals surface area contributed by atoms with Gasteiger partial charge in [0.05, 0.1) is 5.69 Å². The second-order valence-corrected chi connectivity index (χ2v) is 5.20.